The summed E-state index contributed by atoms with van der Waals surface area (Å²) in [5.41, 5.74) is 0.567. The first-order valence-electron chi connectivity index (χ1n) is 8.78. The summed E-state index contributed by atoms with van der Waals surface area (Å²) in [6.45, 7) is 4.57. The van der Waals surface area contributed by atoms with Crippen molar-refractivity contribution in [3.63, 3.8) is 0 Å². The first kappa shape index (κ1) is 17.7. The molecule has 0 N–H and O–H groups in total. The van der Waals surface area contributed by atoms with Crippen LogP contribution >= 0.6 is 0 Å². The molecule has 0 radical (unpaired) electrons. The lowest BCUT2D eigenvalue weighted by atomic mass is 10.1. The maximum absolute atomic E-state index is 13.6. The van der Waals surface area contributed by atoms with E-state index in [9.17, 15) is 14.0 Å². The number of halogens is 1. The quantitative estimate of drug-likeness (QED) is 0.828. The van der Waals surface area contributed by atoms with Crippen LogP contribution in [0.1, 0.15) is 12.0 Å². The second-order valence-corrected chi connectivity index (χ2v) is 6.34. The molecule has 0 aliphatic carbocycles. The average Bonchev–Trinajstić information content (AvgIpc) is 2.67. The van der Waals surface area contributed by atoms with Gasteiger partial charge >= 0.3 is 6.03 Å². The van der Waals surface area contributed by atoms with E-state index in [0.717, 1.165) is 0 Å². The smallest absolute Gasteiger partial charge is 0.320 e. The van der Waals surface area contributed by atoms with Crippen LogP contribution in [0, 0.1) is 5.82 Å². The molecule has 0 bridgehead atoms. The Hall–Kier alpha value is -2.15. The second-order valence-electron chi connectivity index (χ2n) is 6.34. The van der Waals surface area contributed by atoms with Crippen molar-refractivity contribution in [3.05, 3.63) is 35.6 Å². The van der Waals surface area contributed by atoms with Gasteiger partial charge in [0.05, 0.1) is 13.2 Å². The molecule has 7 heteroatoms. The van der Waals surface area contributed by atoms with Gasteiger partial charge in [0.15, 0.2) is 0 Å². The summed E-state index contributed by atoms with van der Waals surface area (Å²) in [7, 11) is 0. The Morgan fingerprint density at radius 2 is 1.52 bits per heavy atom. The van der Waals surface area contributed by atoms with Crippen LogP contribution < -0.4 is 0 Å². The van der Waals surface area contributed by atoms with E-state index >= 15 is 0 Å². The predicted octanol–water partition coefficient (Wildman–Crippen LogP) is 1.35. The third-order valence-electron chi connectivity index (χ3n) is 4.75. The number of nitrogens with zero attached hydrogens (tertiary/aromatic N) is 3. The first-order chi connectivity index (χ1) is 12.1. The lowest BCUT2D eigenvalue weighted by Gasteiger charge is -2.38. The molecule has 3 amide bonds. The van der Waals surface area contributed by atoms with Gasteiger partial charge in [0.2, 0.25) is 5.91 Å². The Labute approximate surface area is 147 Å². The van der Waals surface area contributed by atoms with E-state index in [4.69, 9.17) is 4.74 Å². The van der Waals surface area contributed by atoms with Crippen molar-refractivity contribution in [2.24, 2.45) is 0 Å². The molecule has 25 heavy (non-hydrogen) atoms. The average molecular weight is 349 g/mol. The molecule has 0 unspecified atom stereocenters. The molecule has 0 saturated carbocycles. The number of piperazine rings is 1. The van der Waals surface area contributed by atoms with Gasteiger partial charge in [-0.05, 0) is 18.1 Å². The maximum Gasteiger partial charge on any atom is 0.320 e. The third kappa shape index (κ3) is 4.48. The highest BCUT2D eigenvalue weighted by atomic mass is 19.1. The van der Waals surface area contributed by atoms with Crippen LogP contribution in [0.4, 0.5) is 9.18 Å². The summed E-state index contributed by atoms with van der Waals surface area (Å²) in [4.78, 5) is 30.1. The van der Waals surface area contributed by atoms with E-state index in [1.165, 1.54) is 6.07 Å². The van der Waals surface area contributed by atoms with E-state index in [1.54, 1.807) is 32.9 Å². The summed E-state index contributed by atoms with van der Waals surface area (Å²) in [5.74, 6) is -0.252. The molecule has 0 atom stereocenters. The molecule has 2 aliphatic rings. The van der Waals surface area contributed by atoms with E-state index in [-0.39, 0.29) is 17.8 Å². The summed E-state index contributed by atoms with van der Waals surface area (Å²) >= 11 is 0. The molecule has 6 nitrogen and oxygen atoms in total. The van der Waals surface area contributed by atoms with Gasteiger partial charge in [-0.25, -0.2) is 9.18 Å². The van der Waals surface area contributed by atoms with Crippen LogP contribution in [0.3, 0.4) is 0 Å². The fourth-order valence-electron chi connectivity index (χ4n) is 3.20. The van der Waals surface area contributed by atoms with E-state index in [1.807, 2.05) is 0 Å². The number of carbonyl (C=O) groups is 2. The highest BCUT2D eigenvalue weighted by molar-refractivity contribution is 5.78. The number of hydrogen-bond donors (Lipinski definition) is 0. The van der Waals surface area contributed by atoms with Gasteiger partial charge in [-0.1, -0.05) is 18.2 Å². The minimum absolute atomic E-state index is 0.0155. The van der Waals surface area contributed by atoms with Gasteiger partial charge in [-0.3, -0.25) is 4.79 Å². The van der Waals surface area contributed by atoms with Crippen molar-refractivity contribution in [1.82, 2.24) is 14.7 Å². The number of urea groups is 1. The fraction of sp³-hybridized carbons (Fsp3) is 0.556. The van der Waals surface area contributed by atoms with Crippen molar-refractivity contribution >= 4 is 11.9 Å². The van der Waals surface area contributed by atoms with Crippen molar-refractivity contribution in [3.8, 4) is 0 Å². The topological polar surface area (TPSA) is 53.1 Å². The van der Waals surface area contributed by atoms with Crippen molar-refractivity contribution < 1.29 is 18.7 Å². The van der Waals surface area contributed by atoms with Gasteiger partial charge in [0.25, 0.3) is 0 Å². The highest BCUT2D eigenvalue weighted by Crippen LogP contribution is 2.12. The minimum atomic E-state index is -0.267. The summed E-state index contributed by atoms with van der Waals surface area (Å²) in [6.07, 6.45) is 0.691. The Bertz CT molecular complexity index is 611. The number of aryl methyl sites for hydroxylation is 1. The molecule has 1 aromatic carbocycles. The minimum Gasteiger partial charge on any atom is -0.378 e. The Morgan fingerprint density at radius 3 is 2.20 bits per heavy atom. The van der Waals surface area contributed by atoms with E-state index in [0.29, 0.717) is 70.9 Å². The van der Waals surface area contributed by atoms with Gasteiger partial charge in [0.1, 0.15) is 5.82 Å². The van der Waals surface area contributed by atoms with Gasteiger partial charge < -0.3 is 19.4 Å². The van der Waals surface area contributed by atoms with Crippen LogP contribution in [0.5, 0.6) is 0 Å². The first-order valence-corrected chi connectivity index (χ1v) is 8.78. The molecular formula is C18H24FN3O3. The number of rotatable bonds is 3. The van der Waals surface area contributed by atoms with E-state index in [2.05, 4.69) is 0 Å². The molecule has 136 valence electrons. The maximum atomic E-state index is 13.6. The van der Waals surface area contributed by atoms with Crippen molar-refractivity contribution in [1.29, 1.82) is 0 Å². The fourth-order valence-corrected chi connectivity index (χ4v) is 3.20. The zero-order valence-corrected chi connectivity index (χ0v) is 14.3. The Balaban J connectivity index is 1.44. The van der Waals surface area contributed by atoms with Crippen LogP contribution in [0.25, 0.3) is 0 Å². The number of morpholine rings is 1. The number of ether oxygens (including phenoxy) is 1. The lowest BCUT2D eigenvalue weighted by Crippen LogP contribution is -2.55. The Kier molecular flexibility index (Phi) is 5.86. The molecule has 2 heterocycles. The van der Waals surface area contributed by atoms with Crippen LogP contribution in [-0.4, -0.2) is 79.1 Å². The predicted molar refractivity (Wildman–Crippen MR) is 90.7 cm³/mol. The number of amides is 3. The largest absolute Gasteiger partial charge is 0.378 e. The van der Waals surface area contributed by atoms with Gasteiger partial charge in [0, 0.05) is 45.7 Å². The monoisotopic (exact) mass is 349 g/mol. The molecule has 0 spiro atoms. The summed E-state index contributed by atoms with van der Waals surface area (Å²) < 4.78 is 18.9. The summed E-state index contributed by atoms with van der Waals surface area (Å²) in [6, 6.07) is 6.57. The lowest BCUT2D eigenvalue weighted by molar-refractivity contribution is -0.132. The summed E-state index contributed by atoms with van der Waals surface area (Å²) in [5, 5.41) is 0. The highest BCUT2D eigenvalue weighted by Gasteiger charge is 2.27. The Morgan fingerprint density at radius 1 is 0.920 bits per heavy atom. The molecule has 2 fully saturated rings. The van der Waals surface area contributed by atoms with Gasteiger partial charge in [-0.15, -0.1) is 0 Å². The number of benzene rings is 1. The van der Waals surface area contributed by atoms with Crippen molar-refractivity contribution in [2.75, 3.05) is 52.5 Å². The van der Waals surface area contributed by atoms with Crippen molar-refractivity contribution in [2.45, 2.75) is 12.8 Å². The molecule has 1 aromatic rings. The molecule has 2 saturated heterocycles. The normalized spacial score (nSPS) is 18.4. The molecule has 3 rings (SSSR count). The SMILES string of the molecule is O=C(CCc1ccccc1F)N1CCN(C(=O)N2CCOCC2)CC1. The zero-order chi connectivity index (χ0) is 17.6. The standard InChI is InChI=1S/C18H24FN3O3/c19-16-4-2-1-3-15(16)5-6-17(23)20-7-9-21(10-8-20)18(24)22-11-13-25-14-12-22/h1-4H,5-14H2. The molecular weight excluding hydrogens is 325 g/mol. The van der Waals surface area contributed by atoms with Crippen LogP contribution in [0.15, 0.2) is 24.3 Å². The second kappa shape index (κ2) is 8.29. The van der Waals surface area contributed by atoms with Gasteiger partial charge in [-0.2, -0.15) is 0 Å². The zero-order valence-electron chi connectivity index (χ0n) is 14.3. The number of carbonyl (C=O) groups excluding carboxylic acids is 2. The molecule has 2 aliphatic heterocycles. The third-order valence-corrected chi connectivity index (χ3v) is 4.75. The number of hydrogen-bond acceptors (Lipinski definition) is 3. The van der Waals surface area contributed by atoms with Crippen LogP contribution in [0.2, 0.25) is 0 Å². The van der Waals surface area contributed by atoms with E-state index < -0.39 is 0 Å². The molecule has 0 aromatic heterocycles. The van der Waals surface area contributed by atoms with Crippen LogP contribution in [-0.2, 0) is 16.0 Å².